The molecule has 3 rings (SSSR count). The van der Waals surface area contributed by atoms with Crippen LogP contribution in [0.3, 0.4) is 0 Å². The summed E-state index contributed by atoms with van der Waals surface area (Å²) in [4.78, 5) is 14.3. The number of hydrogen-bond donors (Lipinski definition) is 2. The second-order valence-electron chi connectivity index (χ2n) is 5.52. The molecule has 0 radical (unpaired) electrons. The zero-order valence-corrected chi connectivity index (χ0v) is 14.7. The molecule has 24 heavy (non-hydrogen) atoms. The van der Waals surface area contributed by atoms with Crippen LogP contribution in [0.4, 0.5) is 11.4 Å². The van der Waals surface area contributed by atoms with Gasteiger partial charge in [0.2, 0.25) is 5.91 Å². The summed E-state index contributed by atoms with van der Waals surface area (Å²) in [5.74, 6) is 0.0150. The number of fused-ring (bicyclic) bond motifs is 2. The van der Waals surface area contributed by atoms with Gasteiger partial charge in [-0.3, -0.25) is 4.79 Å². The number of carbonyl (C=O) groups is 1. The molecule has 1 aliphatic heterocycles. The predicted molar refractivity (Wildman–Crippen MR) is 94.5 cm³/mol. The van der Waals surface area contributed by atoms with Gasteiger partial charge in [-0.25, -0.2) is 4.21 Å². The number of rotatable bonds is 4. The fraction of sp³-hybridized carbons (Fsp3) is 0.235. The Hall–Kier alpha value is -2.05. The Kier molecular flexibility index (Phi) is 4.78. The van der Waals surface area contributed by atoms with E-state index >= 15 is 0 Å². The molecule has 0 saturated carbocycles. The average molecular weight is 365 g/mol. The molecule has 0 aliphatic carbocycles. The van der Waals surface area contributed by atoms with E-state index in [1.807, 2.05) is 4.90 Å². The van der Waals surface area contributed by atoms with Crippen LogP contribution in [0.2, 0.25) is 5.02 Å². The SMILES string of the molecule is CC(=O)NCCCN1c2cc(Cl)ccc2S(=O)c2cc(O)ccc21. The highest BCUT2D eigenvalue weighted by Crippen LogP contribution is 2.44. The Morgan fingerprint density at radius 1 is 1.21 bits per heavy atom. The highest BCUT2D eigenvalue weighted by molar-refractivity contribution is 7.85. The van der Waals surface area contributed by atoms with Crippen LogP contribution in [0.1, 0.15) is 13.3 Å². The standard InChI is InChI=1S/C17H17ClN2O3S/c1-11(21)19-7-2-8-20-14-5-4-13(22)10-17(14)24(23)16-6-3-12(18)9-15(16)20/h3-6,9-10,22H,2,7-8H2,1H3,(H,19,21). The van der Waals surface area contributed by atoms with E-state index < -0.39 is 10.8 Å². The lowest BCUT2D eigenvalue weighted by molar-refractivity contribution is -0.118. The van der Waals surface area contributed by atoms with Crippen molar-refractivity contribution in [1.82, 2.24) is 5.32 Å². The molecule has 7 heteroatoms. The summed E-state index contributed by atoms with van der Waals surface area (Å²) < 4.78 is 12.8. The molecule has 1 amide bonds. The van der Waals surface area contributed by atoms with E-state index in [9.17, 15) is 14.1 Å². The van der Waals surface area contributed by atoms with Crippen molar-refractivity contribution in [3.8, 4) is 5.75 Å². The third-order valence-electron chi connectivity index (χ3n) is 3.78. The Bertz CT molecular complexity index is 825. The first kappa shape index (κ1) is 16.8. The monoisotopic (exact) mass is 364 g/mol. The topological polar surface area (TPSA) is 69.6 Å². The van der Waals surface area contributed by atoms with Gasteiger partial charge < -0.3 is 15.3 Å². The van der Waals surface area contributed by atoms with E-state index in [0.717, 1.165) is 17.8 Å². The largest absolute Gasteiger partial charge is 0.508 e. The number of phenolic OH excluding ortho intramolecular Hbond substituents is 1. The predicted octanol–water partition coefficient (Wildman–Crippen LogP) is 3.19. The summed E-state index contributed by atoms with van der Waals surface area (Å²) in [6.45, 7) is 2.66. The van der Waals surface area contributed by atoms with Crippen molar-refractivity contribution in [3.05, 3.63) is 41.4 Å². The van der Waals surface area contributed by atoms with Crippen LogP contribution < -0.4 is 10.2 Å². The number of aromatic hydroxyl groups is 1. The summed E-state index contributed by atoms with van der Waals surface area (Å²) in [7, 11) is -1.37. The normalized spacial score (nSPS) is 15.6. The van der Waals surface area contributed by atoms with Crippen LogP contribution in [-0.4, -0.2) is 28.3 Å². The van der Waals surface area contributed by atoms with E-state index in [0.29, 0.717) is 27.9 Å². The van der Waals surface area contributed by atoms with Crippen LogP contribution in [-0.2, 0) is 15.6 Å². The van der Waals surface area contributed by atoms with E-state index in [1.54, 1.807) is 30.3 Å². The molecule has 126 valence electrons. The van der Waals surface area contributed by atoms with Crippen LogP contribution in [0, 0.1) is 0 Å². The summed E-state index contributed by atoms with van der Waals surface area (Å²) in [5, 5.41) is 13.1. The van der Waals surface area contributed by atoms with E-state index in [1.165, 1.54) is 13.0 Å². The minimum atomic E-state index is -1.37. The minimum Gasteiger partial charge on any atom is -0.508 e. The van der Waals surface area contributed by atoms with Gasteiger partial charge in [0.15, 0.2) is 0 Å². The lowest BCUT2D eigenvalue weighted by Crippen LogP contribution is -2.29. The van der Waals surface area contributed by atoms with Crippen molar-refractivity contribution >= 4 is 39.7 Å². The molecule has 2 aromatic rings. The molecule has 0 spiro atoms. The van der Waals surface area contributed by atoms with Gasteiger partial charge in [0.25, 0.3) is 0 Å². The lowest BCUT2D eigenvalue weighted by Gasteiger charge is -2.33. The minimum absolute atomic E-state index is 0.0662. The van der Waals surface area contributed by atoms with Crippen LogP contribution in [0.15, 0.2) is 46.2 Å². The quantitative estimate of drug-likeness (QED) is 0.817. The van der Waals surface area contributed by atoms with Gasteiger partial charge in [-0.15, -0.1) is 0 Å². The Morgan fingerprint density at radius 2 is 2.00 bits per heavy atom. The third-order valence-corrected chi connectivity index (χ3v) is 5.48. The third kappa shape index (κ3) is 3.25. The second-order valence-corrected chi connectivity index (χ2v) is 7.37. The average Bonchev–Trinajstić information content (AvgIpc) is 2.54. The molecular formula is C17H17ClN2O3S. The molecule has 0 bridgehead atoms. The number of nitrogens with zero attached hydrogens (tertiary/aromatic N) is 1. The number of carbonyl (C=O) groups excluding carboxylic acids is 1. The highest BCUT2D eigenvalue weighted by Gasteiger charge is 2.28. The number of phenols is 1. The van der Waals surface area contributed by atoms with Gasteiger partial charge in [-0.2, -0.15) is 0 Å². The molecule has 0 aromatic heterocycles. The van der Waals surface area contributed by atoms with Gasteiger partial charge in [0.05, 0.1) is 32.0 Å². The van der Waals surface area contributed by atoms with Gasteiger partial charge in [-0.1, -0.05) is 11.6 Å². The summed E-state index contributed by atoms with van der Waals surface area (Å²) >= 11 is 6.12. The Labute approximate surface area is 147 Å². The number of amides is 1. The molecule has 1 unspecified atom stereocenters. The van der Waals surface area contributed by atoms with Gasteiger partial charge in [0, 0.05) is 25.0 Å². The molecule has 2 aromatic carbocycles. The van der Waals surface area contributed by atoms with Crippen molar-refractivity contribution in [2.75, 3.05) is 18.0 Å². The fourth-order valence-electron chi connectivity index (χ4n) is 2.72. The first-order valence-electron chi connectivity index (χ1n) is 7.53. The van der Waals surface area contributed by atoms with Crippen LogP contribution in [0.25, 0.3) is 0 Å². The number of halogens is 1. The maximum absolute atomic E-state index is 12.8. The number of anilines is 2. The zero-order chi connectivity index (χ0) is 17.3. The van der Waals surface area contributed by atoms with Crippen molar-refractivity contribution in [2.24, 2.45) is 0 Å². The van der Waals surface area contributed by atoms with Crippen LogP contribution in [0.5, 0.6) is 5.75 Å². The highest BCUT2D eigenvalue weighted by atomic mass is 35.5. The molecule has 1 atom stereocenters. The van der Waals surface area contributed by atoms with Crippen LogP contribution >= 0.6 is 11.6 Å². The first-order chi connectivity index (χ1) is 11.5. The van der Waals surface area contributed by atoms with E-state index in [-0.39, 0.29) is 11.7 Å². The van der Waals surface area contributed by atoms with Crippen molar-refractivity contribution in [3.63, 3.8) is 0 Å². The van der Waals surface area contributed by atoms with E-state index in [4.69, 9.17) is 11.6 Å². The molecular weight excluding hydrogens is 348 g/mol. The smallest absolute Gasteiger partial charge is 0.216 e. The number of benzene rings is 2. The molecule has 2 N–H and O–H groups in total. The Balaban J connectivity index is 1.98. The second kappa shape index (κ2) is 6.83. The molecule has 5 nitrogen and oxygen atoms in total. The maximum Gasteiger partial charge on any atom is 0.216 e. The zero-order valence-electron chi connectivity index (χ0n) is 13.1. The number of nitrogens with one attached hydrogen (secondary N) is 1. The fourth-order valence-corrected chi connectivity index (χ4v) is 4.27. The maximum atomic E-state index is 12.8. The summed E-state index contributed by atoms with van der Waals surface area (Å²) in [5.41, 5.74) is 1.57. The Morgan fingerprint density at radius 3 is 2.75 bits per heavy atom. The van der Waals surface area contributed by atoms with Crippen molar-refractivity contribution in [1.29, 1.82) is 0 Å². The van der Waals surface area contributed by atoms with Crippen molar-refractivity contribution in [2.45, 2.75) is 23.1 Å². The lowest BCUT2D eigenvalue weighted by atomic mass is 10.2. The summed E-state index contributed by atoms with van der Waals surface area (Å²) in [6, 6.07) is 10.1. The molecule has 0 saturated heterocycles. The van der Waals surface area contributed by atoms with Gasteiger partial charge in [0.1, 0.15) is 5.75 Å². The van der Waals surface area contributed by atoms with Gasteiger partial charge in [-0.05, 0) is 42.8 Å². The van der Waals surface area contributed by atoms with Crippen molar-refractivity contribution < 1.29 is 14.1 Å². The summed E-state index contributed by atoms with van der Waals surface area (Å²) in [6.07, 6.45) is 0.721. The number of hydrogen-bond acceptors (Lipinski definition) is 4. The first-order valence-corrected chi connectivity index (χ1v) is 9.06. The van der Waals surface area contributed by atoms with Gasteiger partial charge >= 0.3 is 0 Å². The molecule has 1 aliphatic rings. The van der Waals surface area contributed by atoms with E-state index in [2.05, 4.69) is 5.32 Å². The molecule has 1 heterocycles. The molecule has 0 fully saturated rings.